The number of amides is 1. The van der Waals surface area contributed by atoms with E-state index in [1.165, 1.54) is 5.56 Å². The van der Waals surface area contributed by atoms with E-state index in [0.717, 1.165) is 11.3 Å². The molecule has 0 aliphatic heterocycles. The van der Waals surface area contributed by atoms with Gasteiger partial charge in [-0.05, 0) is 43.7 Å². The second-order valence-corrected chi connectivity index (χ2v) is 4.63. The van der Waals surface area contributed by atoms with Crippen LogP contribution in [0.25, 0.3) is 0 Å². The predicted molar refractivity (Wildman–Crippen MR) is 81.7 cm³/mol. The van der Waals surface area contributed by atoms with E-state index in [0.29, 0.717) is 11.3 Å². The zero-order valence-corrected chi connectivity index (χ0v) is 11.6. The highest BCUT2D eigenvalue weighted by Crippen LogP contribution is 2.06. The molecule has 2 rings (SSSR count). The molecule has 0 unspecified atom stereocenters. The van der Waals surface area contributed by atoms with Crippen LogP contribution in [-0.4, -0.2) is 11.6 Å². The fourth-order valence-corrected chi connectivity index (χ4v) is 1.69. The highest BCUT2D eigenvalue weighted by atomic mass is 16.2. The summed E-state index contributed by atoms with van der Waals surface area (Å²) in [5, 5.41) is 4.11. The van der Waals surface area contributed by atoms with Crippen LogP contribution in [0.15, 0.2) is 53.6 Å². The number of hydrogen-bond donors (Lipinski definition) is 2. The Bertz CT molecular complexity index is 628. The Morgan fingerprint density at radius 3 is 2.15 bits per heavy atom. The molecule has 4 nitrogen and oxygen atoms in total. The molecular formula is C16H17N3O. The van der Waals surface area contributed by atoms with E-state index in [1.807, 2.05) is 38.1 Å². The minimum Gasteiger partial charge on any atom is -0.399 e. The number of carbonyl (C=O) groups excluding carboxylic acids is 1. The van der Waals surface area contributed by atoms with Crippen LogP contribution < -0.4 is 11.2 Å². The van der Waals surface area contributed by atoms with Gasteiger partial charge in [0.25, 0.3) is 5.91 Å². The van der Waals surface area contributed by atoms with Crippen molar-refractivity contribution in [3.8, 4) is 0 Å². The number of anilines is 1. The Labute approximate surface area is 118 Å². The van der Waals surface area contributed by atoms with Crippen LogP contribution >= 0.6 is 0 Å². The molecule has 3 N–H and O–H groups in total. The third-order valence-electron chi connectivity index (χ3n) is 2.97. The van der Waals surface area contributed by atoms with Gasteiger partial charge in [-0.1, -0.05) is 29.8 Å². The SMILES string of the molecule is C/C(=N\NC(=O)c1ccc(N)cc1)c1ccc(C)cc1. The van der Waals surface area contributed by atoms with Crippen LogP contribution in [-0.2, 0) is 0 Å². The summed E-state index contributed by atoms with van der Waals surface area (Å²) in [6.45, 7) is 3.88. The van der Waals surface area contributed by atoms with E-state index in [1.54, 1.807) is 24.3 Å². The van der Waals surface area contributed by atoms with Crippen molar-refractivity contribution in [3.63, 3.8) is 0 Å². The summed E-state index contributed by atoms with van der Waals surface area (Å²) in [7, 11) is 0. The van der Waals surface area contributed by atoms with Crippen molar-refractivity contribution in [2.75, 3.05) is 5.73 Å². The Balaban J connectivity index is 2.06. The second kappa shape index (κ2) is 6.02. The van der Waals surface area contributed by atoms with Gasteiger partial charge in [-0.3, -0.25) is 4.79 Å². The number of nitrogens with zero attached hydrogens (tertiary/aromatic N) is 1. The van der Waals surface area contributed by atoms with Crippen molar-refractivity contribution >= 4 is 17.3 Å². The molecule has 0 saturated heterocycles. The normalized spacial score (nSPS) is 11.2. The fourth-order valence-electron chi connectivity index (χ4n) is 1.69. The average Bonchev–Trinajstić information content (AvgIpc) is 2.46. The van der Waals surface area contributed by atoms with Crippen molar-refractivity contribution in [1.82, 2.24) is 5.43 Å². The Kier molecular flexibility index (Phi) is 4.15. The Morgan fingerprint density at radius 2 is 1.55 bits per heavy atom. The number of rotatable bonds is 3. The van der Waals surface area contributed by atoms with Crippen molar-refractivity contribution in [2.45, 2.75) is 13.8 Å². The minimum absolute atomic E-state index is 0.253. The molecule has 2 aromatic carbocycles. The second-order valence-electron chi connectivity index (χ2n) is 4.63. The smallest absolute Gasteiger partial charge is 0.271 e. The van der Waals surface area contributed by atoms with E-state index >= 15 is 0 Å². The number of aryl methyl sites for hydroxylation is 1. The van der Waals surface area contributed by atoms with Gasteiger partial charge in [-0.15, -0.1) is 0 Å². The summed E-state index contributed by atoms with van der Waals surface area (Å²) < 4.78 is 0. The average molecular weight is 267 g/mol. The molecule has 4 heteroatoms. The van der Waals surface area contributed by atoms with Crippen LogP contribution in [0.4, 0.5) is 5.69 Å². The first-order valence-electron chi connectivity index (χ1n) is 6.33. The van der Waals surface area contributed by atoms with Crippen LogP contribution in [0.3, 0.4) is 0 Å². The fraction of sp³-hybridized carbons (Fsp3) is 0.125. The lowest BCUT2D eigenvalue weighted by molar-refractivity contribution is 0.0955. The van der Waals surface area contributed by atoms with E-state index in [9.17, 15) is 4.79 Å². The zero-order chi connectivity index (χ0) is 14.5. The number of nitrogen functional groups attached to an aromatic ring is 1. The van der Waals surface area contributed by atoms with E-state index in [-0.39, 0.29) is 5.91 Å². The molecule has 0 heterocycles. The highest BCUT2D eigenvalue weighted by molar-refractivity contribution is 6.00. The molecule has 102 valence electrons. The molecule has 0 aromatic heterocycles. The van der Waals surface area contributed by atoms with Crippen molar-refractivity contribution in [2.24, 2.45) is 5.10 Å². The Hall–Kier alpha value is -2.62. The molecular weight excluding hydrogens is 250 g/mol. The van der Waals surface area contributed by atoms with Gasteiger partial charge < -0.3 is 5.73 Å². The van der Waals surface area contributed by atoms with Crippen molar-refractivity contribution in [3.05, 3.63) is 65.2 Å². The highest BCUT2D eigenvalue weighted by Gasteiger charge is 2.04. The van der Waals surface area contributed by atoms with E-state index in [2.05, 4.69) is 10.5 Å². The number of benzene rings is 2. The van der Waals surface area contributed by atoms with Gasteiger partial charge in [0.1, 0.15) is 0 Å². The molecule has 1 amide bonds. The molecule has 0 aliphatic carbocycles. The molecule has 0 radical (unpaired) electrons. The van der Waals surface area contributed by atoms with E-state index < -0.39 is 0 Å². The maximum Gasteiger partial charge on any atom is 0.271 e. The molecule has 0 fully saturated rings. The molecule has 0 saturated carbocycles. The third kappa shape index (κ3) is 3.45. The summed E-state index contributed by atoms with van der Waals surface area (Å²) in [6, 6.07) is 14.7. The predicted octanol–water partition coefficient (Wildman–Crippen LogP) is 2.73. The van der Waals surface area contributed by atoms with Crippen LogP contribution in [0.5, 0.6) is 0 Å². The molecule has 0 aliphatic rings. The van der Waals surface area contributed by atoms with Gasteiger partial charge in [-0.2, -0.15) is 5.10 Å². The van der Waals surface area contributed by atoms with Crippen LogP contribution in [0.1, 0.15) is 28.4 Å². The quantitative estimate of drug-likeness (QED) is 0.510. The van der Waals surface area contributed by atoms with Gasteiger partial charge in [0, 0.05) is 11.3 Å². The van der Waals surface area contributed by atoms with Crippen molar-refractivity contribution in [1.29, 1.82) is 0 Å². The lowest BCUT2D eigenvalue weighted by Gasteiger charge is -2.04. The molecule has 0 spiro atoms. The van der Waals surface area contributed by atoms with Gasteiger partial charge in [0.15, 0.2) is 0 Å². The standard InChI is InChI=1S/C16H17N3O/c1-11-3-5-13(6-4-11)12(2)18-19-16(20)14-7-9-15(17)10-8-14/h3-10H,17H2,1-2H3,(H,19,20)/b18-12+. The van der Waals surface area contributed by atoms with E-state index in [4.69, 9.17) is 5.73 Å². The molecule has 0 atom stereocenters. The first-order chi connectivity index (χ1) is 9.56. The summed E-state index contributed by atoms with van der Waals surface area (Å²) in [6.07, 6.45) is 0. The van der Waals surface area contributed by atoms with Crippen LogP contribution in [0, 0.1) is 6.92 Å². The first kappa shape index (κ1) is 13.8. The summed E-state index contributed by atoms with van der Waals surface area (Å²) in [4.78, 5) is 11.9. The minimum atomic E-state index is -0.253. The molecule has 0 bridgehead atoms. The maximum atomic E-state index is 11.9. The molecule has 20 heavy (non-hydrogen) atoms. The van der Waals surface area contributed by atoms with Gasteiger partial charge in [0.05, 0.1) is 5.71 Å². The van der Waals surface area contributed by atoms with Gasteiger partial charge >= 0.3 is 0 Å². The monoisotopic (exact) mass is 267 g/mol. The number of hydrazone groups is 1. The third-order valence-corrected chi connectivity index (χ3v) is 2.97. The van der Waals surface area contributed by atoms with Gasteiger partial charge in [-0.25, -0.2) is 5.43 Å². The lowest BCUT2D eigenvalue weighted by Crippen LogP contribution is -2.19. The Morgan fingerprint density at radius 1 is 1.00 bits per heavy atom. The summed E-state index contributed by atoms with van der Waals surface area (Å²) >= 11 is 0. The number of carbonyl (C=O) groups is 1. The zero-order valence-electron chi connectivity index (χ0n) is 11.6. The van der Waals surface area contributed by atoms with Gasteiger partial charge in [0.2, 0.25) is 0 Å². The van der Waals surface area contributed by atoms with Crippen molar-refractivity contribution < 1.29 is 4.79 Å². The topological polar surface area (TPSA) is 67.5 Å². The molecule has 2 aromatic rings. The number of nitrogens with one attached hydrogen (secondary N) is 1. The largest absolute Gasteiger partial charge is 0.399 e. The first-order valence-corrected chi connectivity index (χ1v) is 6.33. The summed E-state index contributed by atoms with van der Waals surface area (Å²) in [5.74, 6) is -0.253. The summed E-state index contributed by atoms with van der Waals surface area (Å²) in [5.41, 5.74) is 12.2. The number of hydrogen-bond acceptors (Lipinski definition) is 3. The number of nitrogens with two attached hydrogens (primary N) is 1. The maximum absolute atomic E-state index is 11.9. The van der Waals surface area contributed by atoms with Crippen LogP contribution in [0.2, 0.25) is 0 Å². The lowest BCUT2D eigenvalue weighted by atomic mass is 10.1.